The average Bonchev–Trinajstić information content (AvgIpc) is 3.02. The Balaban J connectivity index is 1.81. The van der Waals surface area contributed by atoms with Crippen molar-refractivity contribution in [2.24, 2.45) is 0 Å². The molecule has 4 aromatic rings. The van der Waals surface area contributed by atoms with Gasteiger partial charge in [0.1, 0.15) is 12.6 Å². The van der Waals surface area contributed by atoms with E-state index in [-0.39, 0.29) is 23.8 Å². The molecule has 45 heavy (non-hydrogen) atoms. The molecule has 0 unspecified atom stereocenters. The van der Waals surface area contributed by atoms with E-state index in [0.717, 1.165) is 19.9 Å². The fourth-order valence-electron chi connectivity index (χ4n) is 4.73. The van der Waals surface area contributed by atoms with Crippen LogP contribution in [0.25, 0.3) is 0 Å². The highest BCUT2D eigenvalue weighted by Gasteiger charge is 2.34. The fraction of sp³-hybridized carbons (Fsp3) is 0.235. The van der Waals surface area contributed by atoms with E-state index in [1.165, 1.54) is 17.0 Å². The first kappa shape index (κ1) is 34.5. The topological polar surface area (TPSA) is 86.8 Å². The van der Waals surface area contributed by atoms with Gasteiger partial charge in [-0.25, -0.2) is 8.42 Å². The molecule has 1 atom stereocenters. The molecule has 0 aliphatic heterocycles. The Bertz CT molecular complexity index is 1720. The Kier molecular flexibility index (Phi) is 12.1. The van der Waals surface area contributed by atoms with Crippen molar-refractivity contribution in [2.45, 2.75) is 44.2 Å². The molecule has 0 bridgehead atoms. The molecule has 0 aromatic heterocycles. The summed E-state index contributed by atoms with van der Waals surface area (Å²) >= 11 is 16.1. The minimum absolute atomic E-state index is 0.0395. The van der Waals surface area contributed by atoms with Gasteiger partial charge in [-0.2, -0.15) is 0 Å². The number of nitrogens with zero attached hydrogens (tertiary/aromatic N) is 2. The summed E-state index contributed by atoms with van der Waals surface area (Å²) in [6.07, 6.45) is 0.906. The van der Waals surface area contributed by atoms with E-state index < -0.39 is 28.5 Å². The third-order valence-electron chi connectivity index (χ3n) is 7.18. The number of hydrogen-bond donors (Lipinski definition) is 1. The van der Waals surface area contributed by atoms with Gasteiger partial charge in [-0.05, 0) is 73.0 Å². The SMILES string of the molecule is CCCNC(=O)[C@@H](Cc1ccccc1)N(Cc1ccc(Cl)cc1Cl)C(=O)CN(c1ccc(Br)cc1)S(=O)(=O)c1ccc(C)cc1. The lowest BCUT2D eigenvalue weighted by atomic mass is 10.0. The molecule has 0 radical (unpaired) electrons. The van der Waals surface area contributed by atoms with E-state index in [1.54, 1.807) is 54.6 Å². The number of carbonyl (C=O) groups excluding carboxylic acids is 2. The van der Waals surface area contributed by atoms with Crippen molar-refractivity contribution in [3.05, 3.63) is 128 Å². The Labute approximate surface area is 283 Å². The zero-order valence-electron chi connectivity index (χ0n) is 24.9. The summed E-state index contributed by atoms with van der Waals surface area (Å²) in [7, 11) is -4.19. The Morgan fingerprint density at radius 2 is 1.58 bits per heavy atom. The minimum Gasteiger partial charge on any atom is -0.354 e. The summed E-state index contributed by atoms with van der Waals surface area (Å²) in [4.78, 5) is 29.7. The molecule has 2 amide bonds. The number of carbonyl (C=O) groups is 2. The van der Waals surface area contributed by atoms with E-state index in [2.05, 4.69) is 21.2 Å². The fourth-order valence-corrected chi connectivity index (χ4v) is 6.87. The highest BCUT2D eigenvalue weighted by atomic mass is 79.9. The second-order valence-electron chi connectivity index (χ2n) is 10.6. The maximum absolute atomic E-state index is 14.5. The molecule has 4 aromatic carbocycles. The minimum atomic E-state index is -4.19. The lowest BCUT2D eigenvalue weighted by Crippen LogP contribution is -2.53. The summed E-state index contributed by atoms with van der Waals surface area (Å²) in [5.41, 5.74) is 2.60. The van der Waals surface area contributed by atoms with Crippen molar-refractivity contribution < 1.29 is 18.0 Å². The molecule has 11 heteroatoms. The number of hydrogen-bond acceptors (Lipinski definition) is 4. The van der Waals surface area contributed by atoms with Crippen LogP contribution in [0.4, 0.5) is 5.69 Å². The van der Waals surface area contributed by atoms with Gasteiger partial charge in [0.05, 0.1) is 10.6 Å². The van der Waals surface area contributed by atoms with Crippen LogP contribution >= 0.6 is 39.1 Å². The van der Waals surface area contributed by atoms with Gasteiger partial charge in [-0.1, -0.05) is 100 Å². The molecule has 0 saturated carbocycles. The number of halogens is 3. The van der Waals surface area contributed by atoms with E-state index in [0.29, 0.717) is 34.3 Å². The van der Waals surface area contributed by atoms with Crippen LogP contribution in [0.5, 0.6) is 0 Å². The Hall–Kier alpha value is -3.37. The molecular formula is C34H34BrCl2N3O4S. The van der Waals surface area contributed by atoms with Crippen LogP contribution in [-0.2, 0) is 32.6 Å². The van der Waals surface area contributed by atoms with Crippen LogP contribution in [0.15, 0.2) is 106 Å². The van der Waals surface area contributed by atoms with E-state index >= 15 is 0 Å². The summed E-state index contributed by atoms with van der Waals surface area (Å²) in [5, 5.41) is 3.67. The standard InChI is InChI=1S/C34H34BrCl2N3O4S/c1-3-19-38-34(42)32(20-25-7-5-4-6-8-25)39(22-26-11-14-28(36)21-31(26)37)33(41)23-40(29-15-12-27(35)13-16-29)45(43,44)30-17-9-24(2)10-18-30/h4-18,21,32H,3,19-20,22-23H2,1-2H3,(H,38,42)/t32-/m1/s1. The van der Waals surface area contributed by atoms with Crippen LogP contribution in [-0.4, -0.2) is 44.3 Å². The lowest BCUT2D eigenvalue weighted by Gasteiger charge is -2.34. The van der Waals surface area contributed by atoms with Crippen molar-refractivity contribution in [1.29, 1.82) is 0 Å². The van der Waals surface area contributed by atoms with Gasteiger partial charge in [0.25, 0.3) is 10.0 Å². The second kappa shape index (κ2) is 15.8. The average molecular weight is 732 g/mol. The largest absolute Gasteiger partial charge is 0.354 e. The molecule has 1 N–H and O–H groups in total. The number of nitrogens with one attached hydrogen (secondary N) is 1. The van der Waals surface area contributed by atoms with Crippen LogP contribution in [0.3, 0.4) is 0 Å². The zero-order valence-corrected chi connectivity index (χ0v) is 28.8. The molecule has 0 fully saturated rings. The second-order valence-corrected chi connectivity index (χ2v) is 14.2. The van der Waals surface area contributed by atoms with Crippen LogP contribution in [0.1, 0.15) is 30.0 Å². The van der Waals surface area contributed by atoms with Gasteiger partial charge in [-0.3, -0.25) is 13.9 Å². The highest BCUT2D eigenvalue weighted by Crippen LogP contribution is 2.28. The molecular weight excluding hydrogens is 697 g/mol. The number of anilines is 1. The third kappa shape index (κ3) is 9.10. The Morgan fingerprint density at radius 1 is 0.911 bits per heavy atom. The zero-order chi connectivity index (χ0) is 32.6. The third-order valence-corrected chi connectivity index (χ3v) is 10.1. The maximum atomic E-state index is 14.5. The van der Waals surface area contributed by atoms with Gasteiger partial charge in [0.15, 0.2) is 0 Å². The molecule has 4 rings (SSSR count). The first-order valence-electron chi connectivity index (χ1n) is 14.4. The van der Waals surface area contributed by atoms with Gasteiger partial charge in [0, 0.05) is 34.0 Å². The summed E-state index contributed by atoms with van der Waals surface area (Å²) in [5.74, 6) is -0.928. The highest BCUT2D eigenvalue weighted by molar-refractivity contribution is 9.10. The van der Waals surface area contributed by atoms with Gasteiger partial charge in [0.2, 0.25) is 11.8 Å². The summed E-state index contributed by atoms with van der Waals surface area (Å²) < 4.78 is 30.0. The predicted octanol–water partition coefficient (Wildman–Crippen LogP) is 7.43. The smallest absolute Gasteiger partial charge is 0.264 e. The lowest BCUT2D eigenvalue weighted by molar-refractivity contribution is -0.140. The molecule has 0 spiro atoms. The quantitative estimate of drug-likeness (QED) is 0.155. The normalized spacial score (nSPS) is 11.9. The summed E-state index contributed by atoms with van der Waals surface area (Å²) in [6.45, 7) is 3.61. The van der Waals surface area contributed by atoms with Crippen molar-refractivity contribution in [3.63, 3.8) is 0 Å². The monoisotopic (exact) mass is 729 g/mol. The number of aryl methyl sites for hydroxylation is 1. The van der Waals surface area contributed by atoms with Crippen molar-refractivity contribution in [1.82, 2.24) is 10.2 Å². The molecule has 0 heterocycles. The first-order chi connectivity index (χ1) is 21.5. The van der Waals surface area contributed by atoms with Crippen LogP contribution in [0, 0.1) is 6.92 Å². The molecule has 236 valence electrons. The van der Waals surface area contributed by atoms with Crippen molar-refractivity contribution >= 4 is 66.7 Å². The molecule has 7 nitrogen and oxygen atoms in total. The van der Waals surface area contributed by atoms with Crippen molar-refractivity contribution in [2.75, 3.05) is 17.4 Å². The number of amides is 2. The molecule has 0 aliphatic carbocycles. The molecule has 0 aliphatic rings. The number of rotatable bonds is 13. The number of sulfonamides is 1. The van der Waals surface area contributed by atoms with Crippen LogP contribution < -0.4 is 9.62 Å². The Morgan fingerprint density at radius 3 is 2.20 bits per heavy atom. The number of benzene rings is 4. The van der Waals surface area contributed by atoms with Gasteiger partial charge >= 0.3 is 0 Å². The van der Waals surface area contributed by atoms with Crippen molar-refractivity contribution in [3.8, 4) is 0 Å². The van der Waals surface area contributed by atoms with Gasteiger partial charge in [-0.15, -0.1) is 0 Å². The molecule has 0 saturated heterocycles. The predicted molar refractivity (Wildman–Crippen MR) is 184 cm³/mol. The van der Waals surface area contributed by atoms with E-state index in [4.69, 9.17) is 23.2 Å². The maximum Gasteiger partial charge on any atom is 0.264 e. The summed E-state index contributed by atoms with van der Waals surface area (Å²) in [6, 6.07) is 26.4. The van der Waals surface area contributed by atoms with Gasteiger partial charge < -0.3 is 10.2 Å². The van der Waals surface area contributed by atoms with E-state index in [9.17, 15) is 18.0 Å². The van der Waals surface area contributed by atoms with Crippen LogP contribution in [0.2, 0.25) is 10.0 Å². The first-order valence-corrected chi connectivity index (χ1v) is 17.4. The van der Waals surface area contributed by atoms with E-state index in [1.807, 2.05) is 44.2 Å².